The van der Waals surface area contributed by atoms with Crippen LogP contribution in [0.1, 0.15) is 29.7 Å². The van der Waals surface area contributed by atoms with Crippen LogP contribution in [0.2, 0.25) is 5.02 Å². The molecule has 0 aliphatic carbocycles. The van der Waals surface area contributed by atoms with Gasteiger partial charge in [-0.15, -0.1) is 0 Å². The summed E-state index contributed by atoms with van der Waals surface area (Å²) in [6, 6.07) is 10.9. The number of hydrogen-bond donors (Lipinski definition) is 1. The largest absolute Gasteiger partial charge is 0.310 e. The fourth-order valence-corrected chi connectivity index (χ4v) is 3.05. The van der Waals surface area contributed by atoms with Crippen LogP contribution in [0.5, 0.6) is 0 Å². The molecule has 0 radical (unpaired) electrons. The lowest BCUT2D eigenvalue weighted by atomic mass is 9.97. The monoisotopic (exact) mass is 369 g/mol. The average Bonchev–Trinajstić information content (AvgIpc) is 2.44. The molecule has 0 saturated heterocycles. The molecule has 0 saturated carbocycles. The van der Waals surface area contributed by atoms with E-state index < -0.39 is 0 Å². The van der Waals surface area contributed by atoms with Gasteiger partial charge in [-0.1, -0.05) is 46.6 Å². The zero-order valence-electron chi connectivity index (χ0n) is 12.1. The summed E-state index contributed by atoms with van der Waals surface area (Å²) in [5.41, 5.74) is 2.80. The lowest BCUT2D eigenvalue weighted by Gasteiger charge is -2.20. The number of rotatable bonds is 5. The van der Waals surface area contributed by atoms with Crippen LogP contribution in [-0.4, -0.2) is 6.54 Å². The highest BCUT2D eigenvalue weighted by Gasteiger charge is 2.17. The number of halogens is 3. The first-order chi connectivity index (χ1) is 10.0. The number of hydrogen-bond acceptors (Lipinski definition) is 1. The van der Waals surface area contributed by atoms with Gasteiger partial charge in [-0.2, -0.15) is 0 Å². The fraction of sp³-hybridized carbons (Fsp3) is 0.294. The molecular formula is C17H18BrClFN. The summed E-state index contributed by atoms with van der Waals surface area (Å²) >= 11 is 9.71. The van der Waals surface area contributed by atoms with Crippen LogP contribution in [0.3, 0.4) is 0 Å². The molecule has 0 aliphatic rings. The van der Waals surface area contributed by atoms with E-state index in [9.17, 15) is 4.39 Å². The van der Waals surface area contributed by atoms with Gasteiger partial charge < -0.3 is 5.32 Å². The summed E-state index contributed by atoms with van der Waals surface area (Å²) in [5, 5.41) is 4.07. The molecule has 1 nitrogen and oxygen atoms in total. The zero-order chi connectivity index (χ0) is 15.4. The topological polar surface area (TPSA) is 12.0 Å². The van der Waals surface area contributed by atoms with Crippen LogP contribution in [-0.2, 0) is 6.42 Å². The van der Waals surface area contributed by atoms with Crippen LogP contribution in [0.4, 0.5) is 4.39 Å². The zero-order valence-corrected chi connectivity index (χ0v) is 14.4. The third-order valence-electron chi connectivity index (χ3n) is 3.42. The number of benzene rings is 2. The summed E-state index contributed by atoms with van der Waals surface area (Å²) in [7, 11) is 0. The molecule has 1 atom stereocenters. The molecule has 4 heteroatoms. The minimum atomic E-state index is -0.201. The van der Waals surface area contributed by atoms with Crippen molar-refractivity contribution in [3.05, 3.63) is 68.4 Å². The van der Waals surface area contributed by atoms with Gasteiger partial charge in [0.15, 0.2) is 0 Å². The van der Waals surface area contributed by atoms with Gasteiger partial charge in [0.1, 0.15) is 5.82 Å². The first-order valence-electron chi connectivity index (χ1n) is 6.94. The van der Waals surface area contributed by atoms with Crippen molar-refractivity contribution in [2.75, 3.05) is 6.54 Å². The second-order valence-electron chi connectivity index (χ2n) is 5.08. The minimum Gasteiger partial charge on any atom is -0.310 e. The van der Waals surface area contributed by atoms with Gasteiger partial charge in [-0.3, -0.25) is 0 Å². The molecule has 0 heterocycles. The molecule has 1 unspecified atom stereocenters. The highest BCUT2D eigenvalue weighted by Crippen LogP contribution is 2.27. The molecule has 0 spiro atoms. The van der Waals surface area contributed by atoms with Crippen molar-refractivity contribution >= 4 is 27.5 Å². The van der Waals surface area contributed by atoms with E-state index in [-0.39, 0.29) is 11.9 Å². The maximum absolute atomic E-state index is 14.1. The first kappa shape index (κ1) is 16.5. The Morgan fingerprint density at radius 2 is 2.00 bits per heavy atom. The summed E-state index contributed by atoms with van der Waals surface area (Å²) in [6.07, 6.45) is 0.653. The lowest BCUT2D eigenvalue weighted by Crippen LogP contribution is -2.24. The van der Waals surface area contributed by atoms with Crippen molar-refractivity contribution in [3.63, 3.8) is 0 Å². The van der Waals surface area contributed by atoms with Crippen molar-refractivity contribution in [2.24, 2.45) is 0 Å². The van der Waals surface area contributed by atoms with Gasteiger partial charge in [0.25, 0.3) is 0 Å². The molecule has 2 aromatic carbocycles. The maximum atomic E-state index is 14.1. The van der Waals surface area contributed by atoms with Crippen LogP contribution >= 0.6 is 27.5 Å². The van der Waals surface area contributed by atoms with E-state index in [1.54, 1.807) is 6.07 Å². The summed E-state index contributed by atoms with van der Waals surface area (Å²) < 4.78 is 15.0. The Balaban J connectivity index is 2.32. The summed E-state index contributed by atoms with van der Waals surface area (Å²) in [6.45, 7) is 4.78. The molecular weight excluding hydrogens is 353 g/mol. The Morgan fingerprint density at radius 3 is 2.67 bits per heavy atom. The molecule has 0 aromatic heterocycles. The number of aryl methyl sites for hydroxylation is 1. The Labute approximate surface area is 138 Å². The highest BCUT2D eigenvalue weighted by molar-refractivity contribution is 9.10. The van der Waals surface area contributed by atoms with E-state index in [2.05, 4.69) is 21.2 Å². The van der Waals surface area contributed by atoms with Crippen molar-refractivity contribution in [2.45, 2.75) is 26.3 Å². The van der Waals surface area contributed by atoms with E-state index in [0.29, 0.717) is 12.0 Å². The Morgan fingerprint density at radius 1 is 1.24 bits per heavy atom. The maximum Gasteiger partial charge on any atom is 0.128 e. The predicted octanol–water partition coefficient (Wildman–Crippen LogP) is 5.44. The summed E-state index contributed by atoms with van der Waals surface area (Å²) in [5.74, 6) is -0.201. The van der Waals surface area contributed by atoms with Crippen LogP contribution in [0.25, 0.3) is 0 Å². The Bertz CT molecular complexity index is 630. The van der Waals surface area contributed by atoms with Crippen molar-refractivity contribution in [3.8, 4) is 0 Å². The first-order valence-corrected chi connectivity index (χ1v) is 8.11. The van der Waals surface area contributed by atoms with Crippen molar-refractivity contribution in [1.82, 2.24) is 5.32 Å². The molecule has 1 N–H and O–H groups in total. The molecule has 0 aliphatic heterocycles. The molecule has 0 fully saturated rings. The standard InChI is InChI=1S/C17H18BrClFN/c1-3-21-17(14-10-13(18)6-7-16(14)20)9-12-5-4-11(2)8-15(12)19/h4-8,10,17,21H,3,9H2,1-2H3. The molecule has 21 heavy (non-hydrogen) atoms. The molecule has 2 aromatic rings. The molecule has 0 amide bonds. The average molecular weight is 371 g/mol. The second kappa shape index (κ2) is 7.39. The van der Waals surface area contributed by atoms with Crippen molar-refractivity contribution < 1.29 is 4.39 Å². The van der Waals surface area contributed by atoms with E-state index in [4.69, 9.17) is 11.6 Å². The second-order valence-corrected chi connectivity index (χ2v) is 6.40. The Hall–Kier alpha value is -0.900. The van der Waals surface area contributed by atoms with Gasteiger partial charge in [-0.25, -0.2) is 4.39 Å². The lowest BCUT2D eigenvalue weighted by molar-refractivity contribution is 0.509. The number of likely N-dealkylation sites (N-methyl/N-ethyl adjacent to an activating group) is 1. The molecule has 2 rings (SSSR count). The quantitative estimate of drug-likeness (QED) is 0.738. The SMILES string of the molecule is CCNC(Cc1ccc(C)cc1Cl)c1cc(Br)ccc1F. The van der Waals surface area contributed by atoms with Crippen molar-refractivity contribution in [1.29, 1.82) is 0 Å². The van der Waals surface area contributed by atoms with Gasteiger partial charge >= 0.3 is 0 Å². The minimum absolute atomic E-state index is 0.104. The van der Waals surface area contributed by atoms with Gasteiger partial charge in [0.05, 0.1) is 0 Å². The third-order valence-corrected chi connectivity index (χ3v) is 4.26. The fourth-order valence-electron chi connectivity index (χ4n) is 2.36. The van der Waals surface area contributed by atoms with Crippen LogP contribution in [0.15, 0.2) is 40.9 Å². The predicted molar refractivity (Wildman–Crippen MR) is 90.4 cm³/mol. The van der Waals surface area contributed by atoms with Gasteiger partial charge in [0, 0.05) is 21.1 Å². The van der Waals surface area contributed by atoms with Crippen LogP contribution in [0, 0.1) is 12.7 Å². The van der Waals surface area contributed by atoms with E-state index in [0.717, 1.165) is 27.2 Å². The normalized spacial score (nSPS) is 12.4. The van der Waals surface area contributed by atoms with Gasteiger partial charge in [0.2, 0.25) is 0 Å². The smallest absolute Gasteiger partial charge is 0.128 e. The Kier molecular flexibility index (Phi) is 5.80. The molecule has 112 valence electrons. The third kappa shape index (κ3) is 4.29. The van der Waals surface area contributed by atoms with Crippen LogP contribution < -0.4 is 5.32 Å². The number of nitrogens with one attached hydrogen (secondary N) is 1. The van der Waals surface area contributed by atoms with E-state index in [1.165, 1.54) is 6.07 Å². The molecule has 0 bridgehead atoms. The summed E-state index contributed by atoms with van der Waals surface area (Å²) in [4.78, 5) is 0. The van der Waals surface area contributed by atoms with E-state index >= 15 is 0 Å². The van der Waals surface area contributed by atoms with E-state index in [1.807, 2.05) is 38.1 Å². The highest BCUT2D eigenvalue weighted by atomic mass is 79.9. The van der Waals surface area contributed by atoms with Gasteiger partial charge in [-0.05, 0) is 55.3 Å².